The second kappa shape index (κ2) is 6.39. The van der Waals surface area contributed by atoms with Crippen molar-refractivity contribution in [3.05, 3.63) is 28.5 Å². The average Bonchev–Trinajstić information content (AvgIpc) is 3.07. The number of benzene rings is 1. The van der Waals surface area contributed by atoms with Crippen molar-refractivity contribution in [1.29, 1.82) is 0 Å². The molecule has 1 aromatic carbocycles. The molecule has 2 aromatic rings. The van der Waals surface area contributed by atoms with E-state index in [0.717, 1.165) is 40.6 Å². The fourth-order valence-corrected chi connectivity index (χ4v) is 3.66. The molecule has 1 fully saturated rings. The normalized spacial score (nSPS) is 21.5. The van der Waals surface area contributed by atoms with Crippen LogP contribution in [-0.2, 0) is 4.74 Å². The largest absolute Gasteiger partial charge is 0.444 e. The van der Waals surface area contributed by atoms with Gasteiger partial charge in [0.15, 0.2) is 0 Å². The Morgan fingerprint density at radius 2 is 2.17 bits per heavy atom. The zero-order valence-corrected chi connectivity index (χ0v) is 16.2. The molecule has 0 unspecified atom stereocenters. The van der Waals surface area contributed by atoms with Crippen molar-refractivity contribution < 1.29 is 9.53 Å². The molecule has 1 N–H and O–H groups in total. The monoisotopic (exact) mass is 393 g/mol. The van der Waals surface area contributed by atoms with Gasteiger partial charge in [-0.05, 0) is 58.2 Å². The van der Waals surface area contributed by atoms with Crippen LogP contribution in [0.1, 0.15) is 58.8 Å². The van der Waals surface area contributed by atoms with Crippen LogP contribution in [0.5, 0.6) is 0 Å². The first-order chi connectivity index (χ1) is 11.3. The summed E-state index contributed by atoms with van der Waals surface area (Å²) < 4.78 is 6.64. The van der Waals surface area contributed by atoms with Gasteiger partial charge in [-0.1, -0.05) is 22.9 Å². The first-order valence-corrected chi connectivity index (χ1v) is 9.24. The van der Waals surface area contributed by atoms with Crippen LogP contribution >= 0.6 is 15.9 Å². The van der Waals surface area contributed by atoms with Gasteiger partial charge in [0.25, 0.3) is 0 Å². The molecule has 0 aliphatic carbocycles. The van der Waals surface area contributed by atoms with E-state index in [1.165, 1.54) is 0 Å². The fraction of sp³-hybridized carbons (Fsp3) is 0.556. The Morgan fingerprint density at radius 1 is 1.42 bits per heavy atom. The van der Waals surface area contributed by atoms with Crippen LogP contribution < -0.4 is 0 Å². The summed E-state index contributed by atoms with van der Waals surface area (Å²) in [6.07, 6.45) is 2.54. The predicted molar refractivity (Wildman–Crippen MR) is 97.9 cm³/mol. The minimum Gasteiger partial charge on any atom is -0.444 e. The lowest BCUT2D eigenvalue weighted by Crippen LogP contribution is -2.41. The second-order valence-corrected chi connectivity index (χ2v) is 8.24. The van der Waals surface area contributed by atoms with Gasteiger partial charge in [-0.3, -0.25) is 4.90 Å². The van der Waals surface area contributed by atoms with Crippen LogP contribution in [0, 0.1) is 0 Å². The van der Waals surface area contributed by atoms with Gasteiger partial charge in [-0.15, -0.1) is 0 Å². The molecular weight excluding hydrogens is 370 g/mol. The highest BCUT2D eigenvalue weighted by molar-refractivity contribution is 9.10. The molecule has 2 atom stereocenters. The summed E-state index contributed by atoms with van der Waals surface area (Å²) in [5, 5.41) is 0. The number of ether oxygens (including phenoxy) is 1. The maximum Gasteiger partial charge on any atom is 0.411 e. The maximum absolute atomic E-state index is 12.7. The molecule has 0 bridgehead atoms. The topological polar surface area (TPSA) is 58.2 Å². The quantitative estimate of drug-likeness (QED) is 0.764. The molecule has 0 radical (unpaired) electrons. The maximum atomic E-state index is 12.7. The summed E-state index contributed by atoms with van der Waals surface area (Å²) in [4.78, 5) is 22.7. The van der Waals surface area contributed by atoms with Gasteiger partial charge < -0.3 is 9.72 Å². The number of hydrogen-bond acceptors (Lipinski definition) is 3. The summed E-state index contributed by atoms with van der Waals surface area (Å²) >= 11 is 3.48. The molecular formula is C18H24BrN3O2. The van der Waals surface area contributed by atoms with E-state index in [-0.39, 0.29) is 18.2 Å². The highest BCUT2D eigenvalue weighted by Crippen LogP contribution is 2.38. The number of imidazole rings is 1. The number of amides is 1. The molecule has 1 aliphatic rings. The Balaban J connectivity index is 1.93. The smallest absolute Gasteiger partial charge is 0.411 e. The van der Waals surface area contributed by atoms with Gasteiger partial charge in [0.2, 0.25) is 0 Å². The number of hydrogen-bond donors (Lipinski definition) is 1. The van der Waals surface area contributed by atoms with E-state index in [1.807, 2.05) is 43.9 Å². The molecule has 5 nitrogen and oxygen atoms in total. The van der Waals surface area contributed by atoms with E-state index < -0.39 is 5.60 Å². The highest BCUT2D eigenvalue weighted by atomic mass is 79.9. The van der Waals surface area contributed by atoms with Crippen molar-refractivity contribution in [3.63, 3.8) is 0 Å². The van der Waals surface area contributed by atoms with Crippen LogP contribution in [0.4, 0.5) is 4.79 Å². The molecule has 0 spiro atoms. The van der Waals surface area contributed by atoms with Gasteiger partial charge in [-0.25, -0.2) is 9.78 Å². The van der Waals surface area contributed by atoms with Crippen LogP contribution in [0.25, 0.3) is 11.0 Å². The van der Waals surface area contributed by atoms with Crippen molar-refractivity contribution in [2.75, 3.05) is 0 Å². The van der Waals surface area contributed by atoms with Gasteiger partial charge in [-0.2, -0.15) is 0 Å². The summed E-state index contributed by atoms with van der Waals surface area (Å²) in [7, 11) is 0. The van der Waals surface area contributed by atoms with E-state index in [2.05, 4.69) is 27.8 Å². The number of H-pyrrole nitrogens is 1. The molecule has 3 rings (SSSR count). The first-order valence-electron chi connectivity index (χ1n) is 8.45. The number of halogens is 1. The van der Waals surface area contributed by atoms with Crippen LogP contribution in [0.3, 0.4) is 0 Å². The van der Waals surface area contributed by atoms with E-state index in [0.29, 0.717) is 0 Å². The van der Waals surface area contributed by atoms with Crippen molar-refractivity contribution in [1.82, 2.24) is 14.9 Å². The van der Waals surface area contributed by atoms with Crippen molar-refractivity contribution in [2.45, 2.75) is 64.6 Å². The number of fused-ring (bicyclic) bond motifs is 1. The number of nitrogens with one attached hydrogen (secondary N) is 1. The Labute approximate surface area is 150 Å². The average molecular weight is 394 g/mol. The second-order valence-electron chi connectivity index (χ2n) is 7.33. The summed E-state index contributed by atoms with van der Waals surface area (Å²) in [5.74, 6) is 0.838. The Kier molecular flexibility index (Phi) is 4.60. The third kappa shape index (κ3) is 3.43. The standard InChI is InChI=1S/C18H24BrN3O2/c1-5-12-7-9-15(22(12)17(23)24-18(2,3)4)16-20-13-8-6-11(19)10-14(13)21-16/h6,8,10,12,15H,5,7,9H2,1-4H3,(H,20,21)/t12-,15-/m0/s1. The number of likely N-dealkylation sites (tertiary alicyclic amines) is 1. The summed E-state index contributed by atoms with van der Waals surface area (Å²) in [6.45, 7) is 7.81. The first kappa shape index (κ1) is 17.3. The van der Waals surface area contributed by atoms with E-state index >= 15 is 0 Å². The minimum atomic E-state index is -0.499. The van der Waals surface area contributed by atoms with Gasteiger partial charge in [0.05, 0.1) is 17.1 Å². The fourth-order valence-electron chi connectivity index (χ4n) is 3.30. The molecule has 1 aliphatic heterocycles. The lowest BCUT2D eigenvalue weighted by Gasteiger charge is -2.31. The molecule has 1 amide bonds. The zero-order chi connectivity index (χ0) is 17.5. The van der Waals surface area contributed by atoms with Gasteiger partial charge in [0.1, 0.15) is 11.4 Å². The number of aromatic nitrogens is 2. The van der Waals surface area contributed by atoms with E-state index in [1.54, 1.807) is 0 Å². The number of nitrogens with zero attached hydrogens (tertiary/aromatic N) is 2. The number of rotatable bonds is 2. The Bertz CT molecular complexity index is 750. The minimum absolute atomic E-state index is 0.0593. The van der Waals surface area contributed by atoms with Crippen molar-refractivity contribution >= 4 is 33.1 Å². The highest BCUT2D eigenvalue weighted by Gasteiger charge is 2.40. The molecule has 2 heterocycles. The Hall–Kier alpha value is -1.56. The van der Waals surface area contributed by atoms with Crippen LogP contribution in [0.15, 0.2) is 22.7 Å². The molecule has 130 valence electrons. The molecule has 1 aromatic heterocycles. The van der Waals surface area contributed by atoms with Crippen molar-refractivity contribution in [2.24, 2.45) is 0 Å². The van der Waals surface area contributed by atoms with Crippen LogP contribution in [0.2, 0.25) is 0 Å². The third-order valence-corrected chi connectivity index (χ3v) is 4.85. The van der Waals surface area contributed by atoms with Crippen molar-refractivity contribution in [3.8, 4) is 0 Å². The number of aromatic amines is 1. The lowest BCUT2D eigenvalue weighted by molar-refractivity contribution is 0.0134. The zero-order valence-electron chi connectivity index (χ0n) is 14.6. The SMILES string of the molecule is CC[C@H]1CC[C@@H](c2nc3ccc(Br)cc3[nH]2)N1C(=O)OC(C)(C)C. The lowest BCUT2D eigenvalue weighted by atomic mass is 10.1. The van der Waals surface area contributed by atoms with E-state index in [9.17, 15) is 4.79 Å². The van der Waals surface area contributed by atoms with Crippen LogP contribution in [-0.4, -0.2) is 32.6 Å². The molecule has 6 heteroatoms. The summed E-state index contributed by atoms with van der Waals surface area (Å²) in [6, 6.07) is 6.10. The van der Waals surface area contributed by atoms with Gasteiger partial charge in [0, 0.05) is 10.5 Å². The molecule has 24 heavy (non-hydrogen) atoms. The summed E-state index contributed by atoms with van der Waals surface area (Å²) in [5.41, 5.74) is 1.39. The molecule has 1 saturated heterocycles. The van der Waals surface area contributed by atoms with E-state index in [4.69, 9.17) is 9.72 Å². The molecule has 0 saturated carbocycles. The third-order valence-electron chi connectivity index (χ3n) is 4.36. The number of carbonyl (C=O) groups is 1. The Morgan fingerprint density at radius 3 is 2.83 bits per heavy atom. The van der Waals surface area contributed by atoms with Gasteiger partial charge >= 0.3 is 6.09 Å². The number of carbonyl (C=O) groups excluding carboxylic acids is 1. The predicted octanol–water partition coefficient (Wildman–Crippen LogP) is 5.18.